The van der Waals surface area contributed by atoms with E-state index in [1.54, 1.807) is 6.07 Å². The quantitative estimate of drug-likeness (QED) is 0.701. The number of rotatable bonds is 6. The lowest BCUT2D eigenvalue weighted by molar-refractivity contribution is 0.580. The average Bonchev–Trinajstić information content (AvgIpc) is 3.17. The second kappa shape index (κ2) is 7.11. The summed E-state index contributed by atoms with van der Waals surface area (Å²) in [6, 6.07) is 15.1. The van der Waals surface area contributed by atoms with Crippen molar-refractivity contribution < 1.29 is 8.42 Å². The first-order valence-electron chi connectivity index (χ1n) is 7.39. The van der Waals surface area contributed by atoms with Gasteiger partial charge in [0.2, 0.25) is 10.0 Å². The van der Waals surface area contributed by atoms with E-state index in [2.05, 4.69) is 23.8 Å². The van der Waals surface area contributed by atoms with Crippen molar-refractivity contribution in [2.24, 2.45) is 0 Å². The molecule has 0 aliphatic rings. The monoisotopic (exact) mass is 380 g/mol. The van der Waals surface area contributed by atoms with E-state index in [0.29, 0.717) is 10.9 Å². The van der Waals surface area contributed by atoms with Crippen LogP contribution < -0.4 is 4.72 Å². The van der Waals surface area contributed by atoms with Gasteiger partial charge in [0, 0.05) is 18.4 Å². The van der Waals surface area contributed by atoms with E-state index >= 15 is 0 Å². The third kappa shape index (κ3) is 3.89. The van der Waals surface area contributed by atoms with E-state index in [0.717, 1.165) is 17.0 Å². The maximum atomic E-state index is 12.3. The van der Waals surface area contributed by atoms with E-state index < -0.39 is 10.0 Å². The summed E-state index contributed by atoms with van der Waals surface area (Å²) in [5, 5.41) is 0. The van der Waals surface area contributed by atoms with Gasteiger partial charge in [0.25, 0.3) is 0 Å². The zero-order chi connectivity index (χ0) is 17.2. The predicted octanol–water partition coefficient (Wildman–Crippen LogP) is 4.04. The molecule has 0 radical (unpaired) electrons. The van der Waals surface area contributed by atoms with Crippen LogP contribution in [0.15, 0.2) is 58.9 Å². The minimum atomic E-state index is -3.54. The van der Waals surface area contributed by atoms with Gasteiger partial charge in [-0.3, -0.25) is 0 Å². The standard InChI is InChI=1S/C17H17ClN2O2S2/c1-13-5-2-3-6-14(13)12-20-10-4-7-15(20)11-19-24(21,22)17-9-8-16(18)23-17/h2-10,19H,11-12H2,1H3. The van der Waals surface area contributed by atoms with Gasteiger partial charge in [-0.2, -0.15) is 0 Å². The molecule has 2 aromatic heterocycles. The molecule has 3 rings (SSSR count). The summed E-state index contributed by atoms with van der Waals surface area (Å²) in [5.41, 5.74) is 3.33. The van der Waals surface area contributed by atoms with Gasteiger partial charge in [0.1, 0.15) is 4.21 Å². The number of nitrogens with zero attached hydrogens (tertiary/aromatic N) is 1. The van der Waals surface area contributed by atoms with Crippen LogP contribution in [-0.2, 0) is 23.1 Å². The van der Waals surface area contributed by atoms with Gasteiger partial charge >= 0.3 is 0 Å². The first-order valence-corrected chi connectivity index (χ1v) is 10.1. The molecule has 2 heterocycles. The normalized spacial score (nSPS) is 11.8. The summed E-state index contributed by atoms with van der Waals surface area (Å²) in [6.45, 7) is 3.01. The van der Waals surface area contributed by atoms with E-state index in [1.807, 2.05) is 35.0 Å². The summed E-state index contributed by atoms with van der Waals surface area (Å²) in [7, 11) is -3.54. The summed E-state index contributed by atoms with van der Waals surface area (Å²) in [4.78, 5) is 0. The van der Waals surface area contributed by atoms with Gasteiger partial charge in [-0.15, -0.1) is 11.3 Å². The topological polar surface area (TPSA) is 51.1 Å². The van der Waals surface area contributed by atoms with Crippen LogP contribution in [0.2, 0.25) is 4.34 Å². The van der Waals surface area contributed by atoms with Gasteiger partial charge in [-0.1, -0.05) is 35.9 Å². The number of aryl methyl sites for hydroxylation is 1. The SMILES string of the molecule is Cc1ccccc1Cn1cccc1CNS(=O)(=O)c1ccc(Cl)s1. The molecule has 1 aromatic carbocycles. The second-order valence-electron chi connectivity index (χ2n) is 5.44. The van der Waals surface area contributed by atoms with E-state index in [4.69, 9.17) is 11.6 Å². The average molecular weight is 381 g/mol. The molecule has 0 amide bonds. The molecular formula is C17H17ClN2O2S2. The highest BCUT2D eigenvalue weighted by atomic mass is 35.5. The van der Waals surface area contributed by atoms with Crippen LogP contribution in [0.3, 0.4) is 0 Å². The van der Waals surface area contributed by atoms with Crippen molar-refractivity contribution in [1.29, 1.82) is 0 Å². The Hall–Kier alpha value is -1.60. The molecule has 0 bridgehead atoms. The Labute approximate surface area is 150 Å². The minimum Gasteiger partial charge on any atom is -0.346 e. The van der Waals surface area contributed by atoms with E-state index in [1.165, 1.54) is 17.2 Å². The van der Waals surface area contributed by atoms with E-state index in [9.17, 15) is 8.42 Å². The molecule has 4 nitrogen and oxygen atoms in total. The van der Waals surface area contributed by atoms with Crippen LogP contribution in [-0.4, -0.2) is 13.0 Å². The number of benzene rings is 1. The Morgan fingerprint density at radius 1 is 1.12 bits per heavy atom. The summed E-state index contributed by atoms with van der Waals surface area (Å²) < 4.78 is 30.0. The molecular weight excluding hydrogens is 364 g/mol. The Bertz CT molecular complexity index is 945. The van der Waals surface area contributed by atoms with Crippen molar-refractivity contribution in [3.05, 3.63) is 75.9 Å². The molecule has 0 unspecified atom stereocenters. The largest absolute Gasteiger partial charge is 0.346 e. The van der Waals surface area contributed by atoms with Gasteiger partial charge in [0.05, 0.1) is 10.9 Å². The first-order chi connectivity index (χ1) is 11.5. The van der Waals surface area contributed by atoms with Crippen molar-refractivity contribution in [3.63, 3.8) is 0 Å². The van der Waals surface area contributed by atoms with Gasteiger partial charge in [-0.25, -0.2) is 13.1 Å². The Balaban J connectivity index is 1.73. The molecule has 24 heavy (non-hydrogen) atoms. The van der Waals surface area contributed by atoms with Gasteiger partial charge in [0.15, 0.2) is 0 Å². The van der Waals surface area contributed by atoms with Crippen molar-refractivity contribution >= 4 is 33.0 Å². The summed E-state index contributed by atoms with van der Waals surface area (Å²) >= 11 is 6.87. The number of aromatic nitrogens is 1. The van der Waals surface area contributed by atoms with Crippen molar-refractivity contribution in [2.75, 3.05) is 0 Å². The molecule has 3 aromatic rings. The Morgan fingerprint density at radius 2 is 1.92 bits per heavy atom. The fourth-order valence-corrected chi connectivity index (χ4v) is 4.94. The van der Waals surface area contributed by atoms with Crippen LogP contribution in [0, 0.1) is 6.92 Å². The molecule has 0 fully saturated rings. The lowest BCUT2D eigenvalue weighted by Crippen LogP contribution is -2.24. The first kappa shape index (κ1) is 17.2. The van der Waals surface area contributed by atoms with Crippen molar-refractivity contribution in [1.82, 2.24) is 9.29 Å². The highest BCUT2D eigenvalue weighted by Gasteiger charge is 2.17. The minimum absolute atomic E-state index is 0.226. The summed E-state index contributed by atoms with van der Waals surface area (Å²) in [6.07, 6.45) is 1.96. The smallest absolute Gasteiger partial charge is 0.250 e. The lowest BCUT2D eigenvalue weighted by Gasteiger charge is -2.12. The molecule has 0 atom stereocenters. The fourth-order valence-electron chi connectivity index (χ4n) is 2.42. The maximum absolute atomic E-state index is 12.3. The molecule has 126 valence electrons. The van der Waals surface area contributed by atoms with E-state index in [-0.39, 0.29) is 10.8 Å². The molecule has 0 saturated carbocycles. The molecule has 7 heteroatoms. The Morgan fingerprint density at radius 3 is 2.62 bits per heavy atom. The fraction of sp³-hybridized carbons (Fsp3) is 0.176. The maximum Gasteiger partial charge on any atom is 0.250 e. The molecule has 1 N–H and O–H groups in total. The number of halogens is 1. The molecule has 0 aliphatic carbocycles. The zero-order valence-electron chi connectivity index (χ0n) is 13.1. The number of hydrogen-bond donors (Lipinski definition) is 1. The van der Waals surface area contributed by atoms with Crippen LogP contribution in [0.4, 0.5) is 0 Å². The highest BCUT2D eigenvalue weighted by Crippen LogP contribution is 2.25. The molecule has 0 aliphatic heterocycles. The van der Waals surface area contributed by atoms with Crippen molar-refractivity contribution in [2.45, 2.75) is 24.2 Å². The van der Waals surface area contributed by atoms with Crippen LogP contribution in [0.5, 0.6) is 0 Å². The molecule has 0 saturated heterocycles. The second-order valence-corrected chi connectivity index (χ2v) is 9.15. The van der Waals surface area contributed by atoms with Crippen molar-refractivity contribution in [3.8, 4) is 0 Å². The van der Waals surface area contributed by atoms with Crippen LogP contribution in [0.25, 0.3) is 0 Å². The highest BCUT2D eigenvalue weighted by molar-refractivity contribution is 7.91. The zero-order valence-corrected chi connectivity index (χ0v) is 15.5. The van der Waals surface area contributed by atoms with Gasteiger partial charge in [-0.05, 0) is 42.3 Å². The number of hydrogen-bond acceptors (Lipinski definition) is 3. The number of sulfonamides is 1. The number of thiophene rings is 1. The van der Waals surface area contributed by atoms with Crippen LogP contribution in [0.1, 0.15) is 16.8 Å². The summed E-state index contributed by atoms with van der Waals surface area (Å²) in [5.74, 6) is 0. The predicted molar refractivity (Wildman–Crippen MR) is 98.1 cm³/mol. The third-order valence-electron chi connectivity index (χ3n) is 3.78. The Kier molecular flexibility index (Phi) is 5.10. The third-order valence-corrected chi connectivity index (χ3v) is 6.91. The molecule has 0 spiro atoms. The number of nitrogens with one attached hydrogen (secondary N) is 1. The van der Waals surface area contributed by atoms with Crippen LogP contribution >= 0.6 is 22.9 Å². The lowest BCUT2D eigenvalue weighted by atomic mass is 10.1. The van der Waals surface area contributed by atoms with Gasteiger partial charge < -0.3 is 4.57 Å².